The fourth-order valence-corrected chi connectivity index (χ4v) is 3.89. The van der Waals surface area contributed by atoms with Gasteiger partial charge in [-0.3, -0.25) is 19.8 Å². The molecule has 1 aromatic carbocycles. The van der Waals surface area contributed by atoms with Crippen LogP contribution < -0.4 is 9.47 Å². The van der Waals surface area contributed by atoms with Crippen molar-refractivity contribution >= 4 is 46.0 Å². The molecular weight excluding hydrogens is 414 g/mol. The molecule has 0 bridgehead atoms. The molecule has 8 nitrogen and oxygen atoms in total. The van der Waals surface area contributed by atoms with Crippen molar-refractivity contribution in [2.75, 3.05) is 13.7 Å². The molecule has 1 aliphatic heterocycles. The Hall–Kier alpha value is -2.98. The van der Waals surface area contributed by atoms with E-state index in [0.29, 0.717) is 27.3 Å². The molecule has 1 aliphatic rings. The van der Waals surface area contributed by atoms with E-state index in [4.69, 9.17) is 21.7 Å². The van der Waals surface area contributed by atoms with Crippen LogP contribution in [0.15, 0.2) is 41.4 Å². The summed E-state index contributed by atoms with van der Waals surface area (Å²) in [6.45, 7) is 2.59. The third-order valence-corrected chi connectivity index (χ3v) is 5.33. The Kier molecular flexibility index (Phi) is 6.45. The second-order valence-electron chi connectivity index (χ2n) is 5.96. The van der Waals surface area contributed by atoms with E-state index in [2.05, 4.69) is 4.98 Å². The van der Waals surface area contributed by atoms with Gasteiger partial charge in [-0.05, 0) is 30.2 Å². The molecule has 0 N–H and O–H groups in total. The highest BCUT2D eigenvalue weighted by atomic mass is 32.2. The number of hydrogen-bond acceptors (Lipinski definition) is 8. The van der Waals surface area contributed by atoms with Gasteiger partial charge in [0.1, 0.15) is 10.5 Å². The quantitative estimate of drug-likeness (QED) is 0.275. The minimum Gasteiger partial charge on any atom is -0.493 e. The number of aromatic nitrogens is 1. The molecule has 3 rings (SSSR count). The molecule has 1 saturated heterocycles. The predicted molar refractivity (Wildman–Crippen MR) is 114 cm³/mol. The molecule has 2 heterocycles. The molecule has 0 unspecified atom stereocenters. The lowest BCUT2D eigenvalue weighted by atomic mass is 10.2. The van der Waals surface area contributed by atoms with Crippen molar-refractivity contribution < 1.29 is 19.2 Å². The lowest BCUT2D eigenvalue weighted by Gasteiger charge is -2.12. The van der Waals surface area contributed by atoms with E-state index >= 15 is 0 Å². The Morgan fingerprint density at radius 2 is 2.10 bits per heavy atom. The molecule has 1 amide bonds. The van der Waals surface area contributed by atoms with Crippen molar-refractivity contribution in [1.29, 1.82) is 0 Å². The molecular formula is C19H17N3O5S2. The van der Waals surface area contributed by atoms with Crippen molar-refractivity contribution in [3.63, 3.8) is 0 Å². The molecule has 0 spiro atoms. The normalized spacial score (nSPS) is 15.1. The number of ether oxygens (including phenoxy) is 2. The summed E-state index contributed by atoms with van der Waals surface area (Å²) in [5.74, 6) is 0.922. The minimum atomic E-state index is -0.532. The van der Waals surface area contributed by atoms with Gasteiger partial charge in [0.05, 0.1) is 16.9 Å². The van der Waals surface area contributed by atoms with E-state index in [-0.39, 0.29) is 17.5 Å². The van der Waals surface area contributed by atoms with Crippen LogP contribution in [0.5, 0.6) is 17.4 Å². The predicted octanol–water partition coefficient (Wildman–Crippen LogP) is 4.40. The summed E-state index contributed by atoms with van der Waals surface area (Å²) in [6.07, 6.45) is 3.70. The second-order valence-corrected chi connectivity index (χ2v) is 7.63. The molecule has 0 aliphatic carbocycles. The Labute approximate surface area is 176 Å². The van der Waals surface area contributed by atoms with E-state index in [1.54, 1.807) is 29.2 Å². The highest BCUT2D eigenvalue weighted by Crippen LogP contribution is 2.36. The number of thioether (sulfide) groups is 1. The Bertz CT molecular complexity index is 992. The van der Waals surface area contributed by atoms with Crippen LogP contribution in [0.3, 0.4) is 0 Å². The summed E-state index contributed by atoms with van der Waals surface area (Å²) in [6, 6.07) is 7.90. The molecule has 29 heavy (non-hydrogen) atoms. The van der Waals surface area contributed by atoms with E-state index in [0.717, 1.165) is 18.2 Å². The van der Waals surface area contributed by atoms with Crippen LogP contribution in [0.2, 0.25) is 0 Å². The third kappa shape index (κ3) is 4.72. The maximum Gasteiger partial charge on any atom is 0.287 e. The lowest BCUT2D eigenvalue weighted by molar-refractivity contribution is -0.385. The van der Waals surface area contributed by atoms with Crippen LogP contribution in [-0.2, 0) is 4.79 Å². The topological polar surface area (TPSA) is 94.8 Å². The number of nitrogens with zero attached hydrogens (tertiary/aromatic N) is 3. The van der Waals surface area contributed by atoms with Gasteiger partial charge in [0, 0.05) is 18.7 Å². The van der Waals surface area contributed by atoms with Gasteiger partial charge in [-0.2, -0.15) is 0 Å². The fourth-order valence-electron chi connectivity index (χ4n) is 2.58. The summed E-state index contributed by atoms with van der Waals surface area (Å²) in [5, 5.41) is 10.7. The maximum absolute atomic E-state index is 12.5. The Balaban J connectivity index is 1.81. The molecule has 1 aromatic heterocycles. The van der Waals surface area contributed by atoms with Crippen molar-refractivity contribution in [2.24, 2.45) is 0 Å². The molecule has 0 atom stereocenters. The van der Waals surface area contributed by atoms with Gasteiger partial charge in [-0.15, -0.1) is 0 Å². The first-order valence-electron chi connectivity index (χ1n) is 8.64. The number of pyridine rings is 1. The lowest BCUT2D eigenvalue weighted by Crippen LogP contribution is -2.28. The largest absolute Gasteiger partial charge is 0.493 e. The summed E-state index contributed by atoms with van der Waals surface area (Å²) < 4.78 is 11.6. The summed E-state index contributed by atoms with van der Waals surface area (Å²) in [5.41, 5.74) is 0.628. The number of hydrogen-bond donors (Lipinski definition) is 0. The van der Waals surface area contributed by atoms with Crippen molar-refractivity contribution in [1.82, 2.24) is 9.88 Å². The smallest absolute Gasteiger partial charge is 0.287 e. The zero-order valence-electron chi connectivity index (χ0n) is 15.7. The summed E-state index contributed by atoms with van der Waals surface area (Å²) in [4.78, 5) is 28.7. The van der Waals surface area contributed by atoms with E-state index in [9.17, 15) is 14.9 Å². The van der Waals surface area contributed by atoms with Crippen LogP contribution in [0, 0.1) is 10.1 Å². The standard InChI is InChI=1S/C19H17N3O5S2/c1-3-8-21-18(23)16(29-19(21)28)10-12-4-6-14(15(9-12)26-2)27-17-7-5-13(11-20-17)22(24)25/h4-7,9-11H,3,8H2,1-2H3/b16-10-. The van der Waals surface area contributed by atoms with Gasteiger partial charge < -0.3 is 9.47 Å². The molecule has 150 valence electrons. The number of carbonyl (C=O) groups is 1. The number of methoxy groups -OCH3 is 1. The number of thiocarbonyl (C=S) groups is 1. The second kappa shape index (κ2) is 9.01. The Morgan fingerprint density at radius 3 is 2.72 bits per heavy atom. The van der Waals surface area contributed by atoms with E-state index in [1.807, 2.05) is 6.92 Å². The summed E-state index contributed by atoms with van der Waals surface area (Å²) in [7, 11) is 1.50. The first kappa shape index (κ1) is 20.7. The summed E-state index contributed by atoms with van der Waals surface area (Å²) >= 11 is 6.55. The van der Waals surface area contributed by atoms with Crippen LogP contribution in [0.25, 0.3) is 6.08 Å². The molecule has 10 heteroatoms. The molecule has 0 saturated carbocycles. The monoisotopic (exact) mass is 431 g/mol. The van der Waals surface area contributed by atoms with Gasteiger partial charge in [0.2, 0.25) is 5.88 Å². The van der Waals surface area contributed by atoms with Crippen molar-refractivity contribution in [3.05, 3.63) is 57.1 Å². The van der Waals surface area contributed by atoms with Gasteiger partial charge in [-0.1, -0.05) is 37.0 Å². The molecule has 0 radical (unpaired) electrons. The van der Waals surface area contributed by atoms with Crippen molar-refractivity contribution in [2.45, 2.75) is 13.3 Å². The average Bonchev–Trinajstić information content (AvgIpc) is 2.97. The van der Waals surface area contributed by atoms with Gasteiger partial charge >= 0.3 is 0 Å². The zero-order valence-corrected chi connectivity index (χ0v) is 17.3. The third-order valence-electron chi connectivity index (χ3n) is 3.95. The van der Waals surface area contributed by atoms with Crippen LogP contribution in [-0.4, -0.2) is 38.7 Å². The maximum atomic E-state index is 12.5. The van der Waals surface area contributed by atoms with Gasteiger partial charge in [-0.25, -0.2) is 4.98 Å². The molecule has 2 aromatic rings. The van der Waals surface area contributed by atoms with Gasteiger partial charge in [0.15, 0.2) is 11.5 Å². The number of nitro groups is 1. The van der Waals surface area contributed by atoms with Gasteiger partial charge in [0.25, 0.3) is 11.6 Å². The minimum absolute atomic E-state index is 0.101. The first-order chi connectivity index (χ1) is 13.9. The Morgan fingerprint density at radius 1 is 1.31 bits per heavy atom. The number of benzene rings is 1. The first-order valence-corrected chi connectivity index (χ1v) is 9.87. The molecule has 1 fully saturated rings. The van der Waals surface area contributed by atoms with Crippen molar-refractivity contribution in [3.8, 4) is 17.4 Å². The number of rotatable bonds is 7. The van der Waals surface area contributed by atoms with Crippen LogP contribution >= 0.6 is 24.0 Å². The highest BCUT2D eigenvalue weighted by molar-refractivity contribution is 8.26. The number of amides is 1. The SMILES string of the molecule is CCCN1C(=O)/C(=C/c2ccc(Oc3ccc([N+](=O)[O-])cn3)c(OC)c2)SC1=S. The van der Waals surface area contributed by atoms with Crippen LogP contribution in [0.1, 0.15) is 18.9 Å². The number of carbonyl (C=O) groups excluding carboxylic acids is 1. The van der Waals surface area contributed by atoms with E-state index in [1.165, 1.54) is 31.0 Å². The highest BCUT2D eigenvalue weighted by Gasteiger charge is 2.31. The fraction of sp³-hybridized carbons (Fsp3) is 0.211. The zero-order chi connectivity index (χ0) is 21.0. The average molecular weight is 431 g/mol. The van der Waals surface area contributed by atoms with Crippen LogP contribution in [0.4, 0.5) is 5.69 Å². The van der Waals surface area contributed by atoms with E-state index < -0.39 is 4.92 Å².